The third-order valence-electron chi connectivity index (χ3n) is 4.83. The molecule has 3 unspecified atom stereocenters. The van der Waals surface area contributed by atoms with Gasteiger partial charge in [0, 0.05) is 16.7 Å². The summed E-state index contributed by atoms with van der Waals surface area (Å²) in [5.74, 6) is 1.62. The van der Waals surface area contributed by atoms with Gasteiger partial charge in [0.2, 0.25) is 0 Å². The Labute approximate surface area is 130 Å². The predicted molar refractivity (Wildman–Crippen MR) is 80.5 cm³/mol. The van der Waals surface area contributed by atoms with E-state index in [1.807, 2.05) is 0 Å². The monoisotopic (exact) mass is 306 g/mol. The van der Waals surface area contributed by atoms with Crippen molar-refractivity contribution in [2.75, 3.05) is 20.8 Å². The van der Waals surface area contributed by atoms with Gasteiger partial charge < -0.3 is 19.3 Å². The lowest BCUT2D eigenvalue weighted by Gasteiger charge is -2.24. The molecule has 120 valence electrons. The molecule has 1 fully saturated rings. The van der Waals surface area contributed by atoms with E-state index in [0.717, 1.165) is 30.6 Å². The van der Waals surface area contributed by atoms with Crippen LogP contribution in [-0.2, 0) is 9.53 Å². The zero-order chi connectivity index (χ0) is 15.9. The summed E-state index contributed by atoms with van der Waals surface area (Å²) in [6.07, 6.45) is 2.03. The molecular formula is C17H22O5. The molecule has 5 heteroatoms. The maximum absolute atomic E-state index is 11.9. The van der Waals surface area contributed by atoms with Gasteiger partial charge >= 0.3 is 5.97 Å². The van der Waals surface area contributed by atoms with Gasteiger partial charge in [-0.1, -0.05) is 0 Å². The lowest BCUT2D eigenvalue weighted by Crippen LogP contribution is -2.18. The first-order valence-corrected chi connectivity index (χ1v) is 7.75. The fourth-order valence-electron chi connectivity index (χ4n) is 3.98. The van der Waals surface area contributed by atoms with Crippen LogP contribution in [0.1, 0.15) is 60.8 Å². The van der Waals surface area contributed by atoms with Crippen molar-refractivity contribution in [1.82, 2.24) is 0 Å². The third kappa shape index (κ3) is 2.15. The van der Waals surface area contributed by atoms with Gasteiger partial charge in [-0.3, -0.25) is 0 Å². The number of rotatable bonds is 5. The van der Waals surface area contributed by atoms with E-state index in [1.165, 1.54) is 5.56 Å². The van der Waals surface area contributed by atoms with Crippen molar-refractivity contribution >= 4 is 5.97 Å². The molecule has 3 atom stereocenters. The minimum Gasteiger partial charge on any atom is -0.496 e. The van der Waals surface area contributed by atoms with Crippen molar-refractivity contribution < 1.29 is 24.1 Å². The van der Waals surface area contributed by atoms with Crippen molar-refractivity contribution in [3.8, 4) is 11.5 Å². The number of esters is 1. The molecule has 3 rings (SSSR count). The number of aliphatic hydroxyl groups is 1. The first-order valence-electron chi connectivity index (χ1n) is 7.75. The van der Waals surface area contributed by atoms with Gasteiger partial charge in [0.25, 0.3) is 0 Å². The molecule has 0 amide bonds. The Balaban J connectivity index is 2.12. The van der Waals surface area contributed by atoms with Crippen molar-refractivity contribution in [3.05, 3.63) is 22.8 Å². The molecule has 2 bridgehead atoms. The fourth-order valence-corrected chi connectivity index (χ4v) is 3.98. The molecule has 5 nitrogen and oxygen atoms in total. The van der Waals surface area contributed by atoms with E-state index in [4.69, 9.17) is 14.2 Å². The predicted octanol–water partition coefficient (Wildman–Crippen LogP) is 2.67. The van der Waals surface area contributed by atoms with Gasteiger partial charge in [-0.15, -0.1) is 0 Å². The average Bonchev–Trinajstić information content (AvgIpc) is 3.14. The number of carbonyl (C=O) groups excluding carboxylic acids is 1. The van der Waals surface area contributed by atoms with Crippen LogP contribution in [0.15, 0.2) is 6.07 Å². The summed E-state index contributed by atoms with van der Waals surface area (Å²) in [7, 11) is 3.20. The second-order valence-corrected chi connectivity index (χ2v) is 5.89. The highest BCUT2D eigenvalue weighted by atomic mass is 16.5. The molecule has 22 heavy (non-hydrogen) atoms. The minimum atomic E-state index is -1.35. The van der Waals surface area contributed by atoms with Crippen LogP contribution in [0.4, 0.5) is 0 Å². The number of aliphatic hydroxyl groups excluding tert-OH is 1. The van der Waals surface area contributed by atoms with Gasteiger partial charge in [0.1, 0.15) is 11.5 Å². The summed E-state index contributed by atoms with van der Waals surface area (Å²) in [6, 6.07) is 1.72. The summed E-state index contributed by atoms with van der Waals surface area (Å²) in [6.45, 7) is 1.94. The molecule has 2 aliphatic rings. The van der Waals surface area contributed by atoms with E-state index in [9.17, 15) is 9.90 Å². The molecule has 1 aromatic rings. The maximum Gasteiger partial charge on any atom is 0.339 e. The molecule has 2 aliphatic carbocycles. The molecular weight excluding hydrogens is 284 g/mol. The Bertz CT molecular complexity index is 595. The molecule has 0 radical (unpaired) electrons. The van der Waals surface area contributed by atoms with Crippen LogP contribution in [0.25, 0.3) is 0 Å². The number of fused-ring (bicyclic) bond motifs is 5. The second kappa shape index (κ2) is 5.80. The zero-order valence-electron chi connectivity index (χ0n) is 13.2. The molecule has 0 aliphatic heterocycles. The van der Waals surface area contributed by atoms with Crippen molar-refractivity contribution in [3.63, 3.8) is 0 Å². The Kier molecular flexibility index (Phi) is 4.00. The Morgan fingerprint density at radius 1 is 1.27 bits per heavy atom. The van der Waals surface area contributed by atoms with E-state index in [1.54, 1.807) is 27.2 Å². The van der Waals surface area contributed by atoms with Crippen molar-refractivity contribution in [2.24, 2.45) is 0 Å². The minimum absolute atomic E-state index is 0.227. The smallest absolute Gasteiger partial charge is 0.339 e. The van der Waals surface area contributed by atoms with Crippen LogP contribution in [0.2, 0.25) is 0 Å². The number of hydrogen-bond donors (Lipinski definition) is 1. The van der Waals surface area contributed by atoms with Crippen molar-refractivity contribution in [2.45, 2.75) is 44.1 Å². The number of ether oxygens (including phenoxy) is 3. The highest BCUT2D eigenvalue weighted by Crippen LogP contribution is 2.59. The van der Waals surface area contributed by atoms with Gasteiger partial charge in [-0.2, -0.15) is 0 Å². The third-order valence-corrected chi connectivity index (χ3v) is 4.83. The molecule has 0 heterocycles. The van der Waals surface area contributed by atoms with E-state index in [2.05, 4.69) is 0 Å². The van der Waals surface area contributed by atoms with Crippen molar-refractivity contribution in [1.29, 1.82) is 0 Å². The van der Waals surface area contributed by atoms with Gasteiger partial charge in [0.15, 0.2) is 6.10 Å². The SMILES string of the molecule is CCOC(=O)C(O)c1cc(OC)c2c(c1OC)C1CCC2C1. The summed E-state index contributed by atoms with van der Waals surface area (Å²) >= 11 is 0. The average molecular weight is 306 g/mol. The van der Waals surface area contributed by atoms with Crippen LogP contribution in [0.5, 0.6) is 11.5 Å². The largest absolute Gasteiger partial charge is 0.496 e. The van der Waals surface area contributed by atoms with Gasteiger partial charge in [-0.25, -0.2) is 4.79 Å². The Hall–Kier alpha value is -1.75. The highest BCUT2D eigenvalue weighted by molar-refractivity contribution is 5.78. The fraction of sp³-hybridized carbons (Fsp3) is 0.588. The summed E-state index contributed by atoms with van der Waals surface area (Å²) < 4.78 is 16.0. The highest BCUT2D eigenvalue weighted by Gasteiger charge is 2.43. The molecule has 0 saturated heterocycles. The zero-order valence-corrected chi connectivity index (χ0v) is 13.2. The normalized spacial score (nSPS) is 23.1. The summed E-state index contributed by atoms with van der Waals surface area (Å²) in [5.41, 5.74) is 2.73. The quantitative estimate of drug-likeness (QED) is 0.847. The van der Waals surface area contributed by atoms with Crippen LogP contribution in [-0.4, -0.2) is 31.9 Å². The topological polar surface area (TPSA) is 65.0 Å². The van der Waals surface area contributed by atoms with Crippen LogP contribution >= 0.6 is 0 Å². The van der Waals surface area contributed by atoms with Gasteiger partial charge in [-0.05, 0) is 44.1 Å². The number of benzene rings is 1. The van der Waals surface area contributed by atoms with Crippen LogP contribution < -0.4 is 9.47 Å². The Morgan fingerprint density at radius 3 is 2.55 bits per heavy atom. The van der Waals surface area contributed by atoms with E-state index < -0.39 is 12.1 Å². The summed E-state index contributed by atoms with van der Waals surface area (Å²) in [5, 5.41) is 10.3. The molecule has 1 saturated carbocycles. The van der Waals surface area contributed by atoms with E-state index in [0.29, 0.717) is 23.1 Å². The van der Waals surface area contributed by atoms with Gasteiger partial charge in [0.05, 0.1) is 20.8 Å². The lowest BCUT2D eigenvalue weighted by molar-refractivity contribution is -0.153. The van der Waals surface area contributed by atoms with Crippen LogP contribution in [0.3, 0.4) is 0 Å². The van der Waals surface area contributed by atoms with E-state index >= 15 is 0 Å². The Morgan fingerprint density at radius 2 is 1.95 bits per heavy atom. The molecule has 1 aromatic carbocycles. The number of hydrogen-bond acceptors (Lipinski definition) is 5. The molecule has 1 N–H and O–H groups in total. The number of carbonyl (C=O) groups is 1. The van der Waals surface area contributed by atoms with E-state index in [-0.39, 0.29) is 6.61 Å². The first-order chi connectivity index (χ1) is 10.6. The standard InChI is InChI=1S/C17H22O5/c1-4-22-17(19)15(18)11-8-12(20-2)13-9-5-6-10(7-9)14(13)16(11)21-3/h8-10,15,18H,4-7H2,1-3H3. The summed E-state index contributed by atoms with van der Waals surface area (Å²) in [4.78, 5) is 11.9. The lowest BCUT2D eigenvalue weighted by atomic mass is 9.87. The first kappa shape index (κ1) is 15.2. The molecule has 0 aromatic heterocycles. The molecule has 0 spiro atoms. The second-order valence-electron chi connectivity index (χ2n) is 5.89. The maximum atomic E-state index is 11.9. The van der Waals surface area contributed by atoms with Crippen LogP contribution in [0, 0.1) is 0 Å². The number of methoxy groups -OCH3 is 2.